The Morgan fingerprint density at radius 1 is 1.11 bits per heavy atom. The molecule has 1 amide bonds. The average molecular weight is 382 g/mol. The lowest BCUT2D eigenvalue weighted by atomic mass is 9.93. The van der Waals surface area contributed by atoms with Gasteiger partial charge in [0.15, 0.2) is 11.5 Å². The Morgan fingerprint density at radius 3 is 2.86 bits per heavy atom. The molecular formula is C22H26N2O4. The number of carbonyl (C=O) groups excluding carboxylic acids is 1. The molecular weight excluding hydrogens is 356 g/mol. The van der Waals surface area contributed by atoms with Crippen LogP contribution in [-0.4, -0.2) is 25.8 Å². The Labute approximate surface area is 165 Å². The number of benzene rings is 2. The van der Waals surface area contributed by atoms with Crippen molar-refractivity contribution in [3.05, 3.63) is 48.0 Å². The van der Waals surface area contributed by atoms with Crippen molar-refractivity contribution in [1.82, 2.24) is 5.32 Å². The lowest BCUT2D eigenvalue weighted by Crippen LogP contribution is -2.28. The quantitative estimate of drug-likeness (QED) is 0.764. The van der Waals surface area contributed by atoms with Crippen LogP contribution >= 0.6 is 0 Å². The van der Waals surface area contributed by atoms with E-state index in [1.807, 2.05) is 42.5 Å². The summed E-state index contributed by atoms with van der Waals surface area (Å²) in [4.78, 5) is 12.3. The topological polar surface area (TPSA) is 68.8 Å². The Kier molecular flexibility index (Phi) is 5.97. The summed E-state index contributed by atoms with van der Waals surface area (Å²) in [5.74, 6) is 2.90. The minimum atomic E-state index is 0.0763. The van der Waals surface area contributed by atoms with Crippen LogP contribution in [0.5, 0.6) is 17.2 Å². The lowest BCUT2D eigenvalue weighted by Gasteiger charge is -2.22. The predicted molar refractivity (Wildman–Crippen MR) is 107 cm³/mol. The van der Waals surface area contributed by atoms with E-state index >= 15 is 0 Å². The molecule has 4 rings (SSSR count). The number of rotatable bonds is 7. The molecule has 2 aromatic carbocycles. The first-order valence-electron chi connectivity index (χ1n) is 9.88. The number of ether oxygens (including phenoxy) is 3. The van der Waals surface area contributed by atoms with Crippen LogP contribution in [0.4, 0.5) is 5.69 Å². The molecule has 0 aromatic heterocycles. The van der Waals surface area contributed by atoms with Gasteiger partial charge in [0.05, 0.1) is 0 Å². The molecule has 28 heavy (non-hydrogen) atoms. The molecule has 2 aliphatic rings. The van der Waals surface area contributed by atoms with E-state index in [2.05, 4.69) is 10.6 Å². The van der Waals surface area contributed by atoms with E-state index < -0.39 is 0 Å². The van der Waals surface area contributed by atoms with Gasteiger partial charge in [0.1, 0.15) is 12.4 Å². The van der Waals surface area contributed by atoms with Crippen LogP contribution in [0.25, 0.3) is 0 Å². The number of anilines is 1. The summed E-state index contributed by atoms with van der Waals surface area (Å²) in [7, 11) is 0. The summed E-state index contributed by atoms with van der Waals surface area (Å²) in [6.07, 6.45) is 3.86. The summed E-state index contributed by atoms with van der Waals surface area (Å²) < 4.78 is 16.5. The number of fused-ring (bicyclic) bond motifs is 1. The molecule has 6 heteroatoms. The number of carbonyl (C=O) groups is 1. The van der Waals surface area contributed by atoms with Crippen molar-refractivity contribution in [2.75, 3.05) is 25.2 Å². The molecule has 2 heterocycles. The normalized spacial score (nSPS) is 16.0. The second-order valence-electron chi connectivity index (χ2n) is 7.28. The third-order valence-corrected chi connectivity index (χ3v) is 5.20. The highest BCUT2D eigenvalue weighted by atomic mass is 16.7. The number of piperidine rings is 1. The minimum absolute atomic E-state index is 0.0763. The highest BCUT2D eigenvalue weighted by molar-refractivity contribution is 5.90. The molecule has 2 aromatic rings. The van der Waals surface area contributed by atoms with Gasteiger partial charge in [-0.1, -0.05) is 12.1 Å². The van der Waals surface area contributed by atoms with Gasteiger partial charge in [0.2, 0.25) is 12.7 Å². The van der Waals surface area contributed by atoms with E-state index in [9.17, 15) is 4.79 Å². The van der Waals surface area contributed by atoms with Crippen molar-refractivity contribution in [3.8, 4) is 17.2 Å². The molecule has 148 valence electrons. The molecule has 0 spiro atoms. The average Bonchev–Trinajstić information content (AvgIpc) is 3.20. The molecule has 6 nitrogen and oxygen atoms in total. The zero-order chi connectivity index (χ0) is 19.2. The van der Waals surface area contributed by atoms with Gasteiger partial charge in [-0.2, -0.15) is 0 Å². The fourth-order valence-corrected chi connectivity index (χ4v) is 3.60. The van der Waals surface area contributed by atoms with E-state index in [-0.39, 0.29) is 12.7 Å². The van der Waals surface area contributed by atoms with Gasteiger partial charge in [-0.15, -0.1) is 0 Å². The highest BCUT2D eigenvalue weighted by Gasteiger charge is 2.15. The van der Waals surface area contributed by atoms with Crippen LogP contribution < -0.4 is 24.8 Å². The molecule has 2 aliphatic heterocycles. The van der Waals surface area contributed by atoms with E-state index in [0.717, 1.165) is 42.3 Å². The molecule has 0 atom stereocenters. The van der Waals surface area contributed by atoms with Crippen molar-refractivity contribution in [1.29, 1.82) is 0 Å². The summed E-state index contributed by atoms with van der Waals surface area (Å²) in [6.45, 7) is 2.80. The van der Waals surface area contributed by atoms with Gasteiger partial charge in [-0.3, -0.25) is 4.79 Å². The third-order valence-electron chi connectivity index (χ3n) is 5.20. The molecule has 0 unspecified atom stereocenters. The van der Waals surface area contributed by atoms with E-state index in [4.69, 9.17) is 14.2 Å². The van der Waals surface area contributed by atoms with E-state index in [0.29, 0.717) is 24.7 Å². The molecule has 1 fully saturated rings. The van der Waals surface area contributed by atoms with Gasteiger partial charge < -0.3 is 24.8 Å². The van der Waals surface area contributed by atoms with Gasteiger partial charge in [-0.25, -0.2) is 0 Å². The molecule has 2 N–H and O–H groups in total. The second kappa shape index (κ2) is 8.97. The second-order valence-corrected chi connectivity index (χ2v) is 7.28. The van der Waals surface area contributed by atoms with Crippen LogP contribution in [0.2, 0.25) is 0 Å². The fraction of sp³-hybridized carbons (Fsp3) is 0.409. The molecule has 0 aliphatic carbocycles. The maximum Gasteiger partial charge on any atom is 0.231 e. The van der Waals surface area contributed by atoms with Crippen molar-refractivity contribution in [2.24, 2.45) is 5.92 Å². The van der Waals surface area contributed by atoms with Gasteiger partial charge in [0.25, 0.3) is 0 Å². The minimum Gasteiger partial charge on any atom is -0.489 e. The summed E-state index contributed by atoms with van der Waals surface area (Å²) in [5, 5.41) is 6.37. The predicted octanol–water partition coefficient (Wildman–Crippen LogP) is 3.71. The van der Waals surface area contributed by atoms with Crippen LogP contribution in [0, 0.1) is 5.92 Å². The summed E-state index contributed by atoms with van der Waals surface area (Å²) >= 11 is 0. The Bertz CT molecular complexity index is 818. The van der Waals surface area contributed by atoms with Crippen LogP contribution in [0.15, 0.2) is 42.5 Å². The van der Waals surface area contributed by atoms with Crippen molar-refractivity contribution < 1.29 is 19.0 Å². The first kappa shape index (κ1) is 18.6. The van der Waals surface area contributed by atoms with Gasteiger partial charge >= 0.3 is 0 Å². The van der Waals surface area contributed by atoms with Crippen LogP contribution in [0.3, 0.4) is 0 Å². The maximum absolute atomic E-state index is 12.3. The Hall–Kier alpha value is -2.73. The first-order valence-corrected chi connectivity index (χ1v) is 9.88. The number of amides is 1. The maximum atomic E-state index is 12.3. The smallest absolute Gasteiger partial charge is 0.231 e. The van der Waals surface area contributed by atoms with E-state index in [1.165, 1.54) is 12.8 Å². The standard InChI is InChI=1S/C22H26N2O4/c25-22(7-4-16-8-10-23-11-9-16)24-18-3-1-2-17(12-18)14-26-19-5-6-20-21(13-19)28-15-27-20/h1-3,5-6,12-13,16,23H,4,7-11,14-15H2,(H,24,25). The molecule has 0 bridgehead atoms. The largest absolute Gasteiger partial charge is 0.489 e. The molecule has 0 saturated carbocycles. The fourth-order valence-electron chi connectivity index (χ4n) is 3.60. The third kappa shape index (κ3) is 4.95. The molecule has 0 radical (unpaired) electrons. The summed E-state index contributed by atoms with van der Waals surface area (Å²) in [5.41, 5.74) is 1.80. The van der Waals surface area contributed by atoms with Crippen molar-refractivity contribution >= 4 is 11.6 Å². The van der Waals surface area contributed by atoms with Crippen LogP contribution in [0.1, 0.15) is 31.2 Å². The van der Waals surface area contributed by atoms with Crippen molar-refractivity contribution in [2.45, 2.75) is 32.3 Å². The molecule has 1 saturated heterocycles. The Morgan fingerprint density at radius 2 is 1.96 bits per heavy atom. The number of hydrogen-bond acceptors (Lipinski definition) is 5. The first-order chi connectivity index (χ1) is 13.8. The van der Waals surface area contributed by atoms with E-state index in [1.54, 1.807) is 0 Å². The number of hydrogen-bond donors (Lipinski definition) is 2. The summed E-state index contributed by atoms with van der Waals surface area (Å²) in [6, 6.07) is 13.3. The SMILES string of the molecule is O=C(CCC1CCNCC1)Nc1cccc(COc2ccc3c(c2)OCO3)c1. The van der Waals surface area contributed by atoms with Gasteiger partial charge in [0, 0.05) is 18.2 Å². The number of nitrogens with one attached hydrogen (secondary N) is 2. The monoisotopic (exact) mass is 382 g/mol. The highest BCUT2D eigenvalue weighted by Crippen LogP contribution is 2.35. The van der Waals surface area contributed by atoms with Gasteiger partial charge in [-0.05, 0) is 68.1 Å². The lowest BCUT2D eigenvalue weighted by molar-refractivity contribution is -0.116. The van der Waals surface area contributed by atoms with Crippen LogP contribution in [-0.2, 0) is 11.4 Å². The zero-order valence-electron chi connectivity index (χ0n) is 15.9. The van der Waals surface area contributed by atoms with Crippen molar-refractivity contribution in [3.63, 3.8) is 0 Å². The zero-order valence-corrected chi connectivity index (χ0v) is 15.9. The Balaban J connectivity index is 1.27.